The number of hydrogen-bond donors (Lipinski definition) is 2. The lowest BCUT2D eigenvalue weighted by molar-refractivity contribution is -0.119. The number of carbonyl (C=O) groups excluding carboxylic acids is 1. The van der Waals surface area contributed by atoms with E-state index in [1.54, 1.807) is 35.8 Å². The van der Waals surface area contributed by atoms with Gasteiger partial charge >= 0.3 is 0 Å². The number of carbonyl (C=O) groups is 1. The molecular weight excluding hydrogens is 366 g/mol. The summed E-state index contributed by atoms with van der Waals surface area (Å²) in [6.45, 7) is 3.89. The Bertz CT molecular complexity index is 1020. The Labute approximate surface area is 160 Å². The molecular formula is C18H19N5O3S. The molecule has 8 nitrogen and oxygen atoms in total. The standard InChI is InChI=1S/C18H19N5O3S/c1-10-11(2)27-18-16(10)17(20-9-21-18)23-22-7-12-4-5-13(14(6-12)25-3)26-8-15(19)24/h4-7,9H,8H2,1-3H3,(H2,19,24)(H,20,21,23). The average molecular weight is 385 g/mol. The van der Waals surface area contributed by atoms with Gasteiger partial charge in [-0.1, -0.05) is 0 Å². The normalized spacial score (nSPS) is 11.1. The van der Waals surface area contributed by atoms with Crippen LogP contribution in [0.4, 0.5) is 5.82 Å². The highest BCUT2D eigenvalue weighted by Gasteiger charge is 2.11. The predicted octanol–water partition coefficient (Wildman–Crippen LogP) is 2.63. The van der Waals surface area contributed by atoms with E-state index in [1.165, 1.54) is 18.3 Å². The maximum atomic E-state index is 10.9. The molecule has 0 saturated heterocycles. The van der Waals surface area contributed by atoms with Gasteiger partial charge in [0.1, 0.15) is 11.2 Å². The summed E-state index contributed by atoms with van der Waals surface area (Å²) in [5, 5.41) is 5.24. The first-order valence-electron chi connectivity index (χ1n) is 8.08. The van der Waals surface area contributed by atoms with Crippen molar-refractivity contribution in [3.63, 3.8) is 0 Å². The summed E-state index contributed by atoms with van der Waals surface area (Å²) in [5.74, 6) is 1.02. The number of nitrogens with one attached hydrogen (secondary N) is 1. The van der Waals surface area contributed by atoms with Gasteiger partial charge in [-0.25, -0.2) is 9.97 Å². The van der Waals surface area contributed by atoms with Crippen molar-refractivity contribution in [2.24, 2.45) is 10.8 Å². The van der Waals surface area contributed by atoms with Crippen LogP contribution in [0.2, 0.25) is 0 Å². The van der Waals surface area contributed by atoms with Gasteiger partial charge in [0.05, 0.1) is 18.7 Å². The van der Waals surface area contributed by atoms with Crippen molar-refractivity contribution in [3.8, 4) is 11.5 Å². The quantitative estimate of drug-likeness (QED) is 0.478. The molecule has 1 amide bonds. The zero-order chi connectivity index (χ0) is 19.4. The molecule has 0 aliphatic carbocycles. The molecule has 0 aliphatic heterocycles. The largest absolute Gasteiger partial charge is 0.493 e. The van der Waals surface area contributed by atoms with Crippen LogP contribution in [-0.4, -0.2) is 35.8 Å². The minimum Gasteiger partial charge on any atom is -0.493 e. The smallest absolute Gasteiger partial charge is 0.255 e. The fourth-order valence-electron chi connectivity index (χ4n) is 2.47. The van der Waals surface area contributed by atoms with Crippen molar-refractivity contribution in [1.29, 1.82) is 0 Å². The van der Waals surface area contributed by atoms with E-state index >= 15 is 0 Å². The molecule has 9 heteroatoms. The second kappa shape index (κ2) is 8.00. The molecule has 0 radical (unpaired) electrons. The van der Waals surface area contributed by atoms with Crippen molar-refractivity contribution in [3.05, 3.63) is 40.5 Å². The molecule has 27 heavy (non-hydrogen) atoms. The number of nitrogens with two attached hydrogens (primary N) is 1. The Morgan fingerprint density at radius 2 is 2.15 bits per heavy atom. The third kappa shape index (κ3) is 4.14. The predicted molar refractivity (Wildman–Crippen MR) is 106 cm³/mol. The summed E-state index contributed by atoms with van der Waals surface area (Å²) in [7, 11) is 1.52. The van der Waals surface area contributed by atoms with Crippen LogP contribution < -0.4 is 20.6 Å². The highest BCUT2D eigenvalue weighted by molar-refractivity contribution is 7.18. The van der Waals surface area contributed by atoms with Crippen molar-refractivity contribution in [1.82, 2.24) is 9.97 Å². The van der Waals surface area contributed by atoms with Crippen molar-refractivity contribution in [2.45, 2.75) is 13.8 Å². The van der Waals surface area contributed by atoms with Crippen molar-refractivity contribution < 1.29 is 14.3 Å². The summed E-state index contributed by atoms with van der Waals surface area (Å²) >= 11 is 1.63. The number of nitrogens with zero attached hydrogens (tertiary/aromatic N) is 3. The highest BCUT2D eigenvalue weighted by Crippen LogP contribution is 2.32. The number of hydrogen-bond acceptors (Lipinski definition) is 8. The summed E-state index contributed by atoms with van der Waals surface area (Å²) in [5.41, 5.74) is 10.00. The van der Waals surface area contributed by atoms with Crippen LogP contribution in [0, 0.1) is 13.8 Å². The average Bonchev–Trinajstić information content (AvgIpc) is 2.95. The molecule has 0 atom stereocenters. The third-order valence-electron chi connectivity index (χ3n) is 3.91. The van der Waals surface area contributed by atoms with Crippen LogP contribution in [0.1, 0.15) is 16.0 Å². The Morgan fingerprint density at radius 1 is 1.33 bits per heavy atom. The SMILES string of the molecule is COc1cc(C=NNc2ncnc3sc(C)c(C)c23)ccc1OCC(N)=O. The molecule has 140 valence electrons. The number of fused-ring (bicyclic) bond motifs is 1. The van der Waals surface area contributed by atoms with Gasteiger partial charge in [0.2, 0.25) is 0 Å². The molecule has 0 saturated carbocycles. The van der Waals surface area contributed by atoms with Gasteiger partial charge in [-0.05, 0) is 43.2 Å². The monoisotopic (exact) mass is 385 g/mol. The van der Waals surface area contributed by atoms with Gasteiger partial charge in [-0.15, -0.1) is 11.3 Å². The lowest BCUT2D eigenvalue weighted by Gasteiger charge is -2.09. The minimum absolute atomic E-state index is 0.214. The zero-order valence-electron chi connectivity index (χ0n) is 15.1. The van der Waals surface area contributed by atoms with Crippen molar-refractivity contribution in [2.75, 3.05) is 19.1 Å². The van der Waals surface area contributed by atoms with E-state index in [2.05, 4.69) is 27.4 Å². The first-order chi connectivity index (χ1) is 13.0. The fourth-order valence-corrected chi connectivity index (χ4v) is 3.46. The number of rotatable bonds is 7. The van der Waals surface area contributed by atoms with Gasteiger partial charge < -0.3 is 15.2 Å². The molecule has 0 unspecified atom stereocenters. The molecule has 2 aromatic heterocycles. The number of amides is 1. The number of thiophene rings is 1. The number of aromatic nitrogens is 2. The summed E-state index contributed by atoms with van der Waals surface area (Å²) < 4.78 is 10.6. The number of aryl methyl sites for hydroxylation is 2. The van der Waals surface area contributed by atoms with Gasteiger partial charge in [-0.2, -0.15) is 5.10 Å². The van der Waals surface area contributed by atoms with Gasteiger partial charge in [-0.3, -0.25) is 10.2 Å². The Balaban J connectivity index is 1.78. The second-order valence-corrected chi connectivity index (χ2v) is 6.92. The summed E-state index contributed by atoms with van der Waals surface area (Å²) in [6.07, 6.45) is 3.16. The van der Waals surface area contributed by atoms with E-state index in [1.807, 2.05) is 6.92 Å². The molecule has 0 bridgehead atoms. The van der Waals surface area contributed by atoms with Crippen molar-refractivity contribution >= 4 is 39.5 Å². The molecule has 0 spiro atoms. The lowest BCUT2D eigenvalue weighted by atomic mass is 10.2. The summed E-state index contributed by atoms with van der Waals surface area (Å²) in [4.78, 5) is 21.6. The Kier molecular flexibility index (Phi) is 5.51. The maximum absolute atomic E-state index is 10.9. The molecule has 0 fully saturated rings. The minimum atomic E-state index is -0.554. The number of anilines is 1. The number of primary amides is 1. The van der Waals surface area contributed by atoms with Crippen LogP contribution in [0.3, 0.4) is 0 Å². The van der Waals surface area contributed by atoms with E-state index in [0.717, 1.165) is 21.3 Å². The van der Waals surface area contributed by atoms with E-state index < -0.39 is 5.91 Å². The van der Waals surface area contributed by atoms with Crippen LogP contribution in [0.25, 0.3) is 10.2 Å². The van der Waals surface area contributed by atoms with E-state index in [4.69, 9.17) is 15.2 Å². The van der Waals surface area contributed by atoms with Crippen LogP contribution in [0.5, 0.6) is 11.5 Å². The number of hydrazone groups is 1. The molecule has 1 aromatic carbocycles. The van der Waals surface area contributed by atoms with Crippen LogP contribution >= 0.6 is 11.3 Å². The first-order valence-corrected chi connectivity index (χ1v) is 8.90. The highest BCUT2D eigenvalue weighted by atomic mass is 32.1. The fraction of sp³-hybridized carbons (Fsp3) is 0.222. The van der Waals surface area contributed by atoms with Gasteiger partial charge in [0.25, 0.3) is 5.91 Å². The molecule has 3 rings (SSSR count). The Morgan fingerprint density at radius 3 is 2.89 bits per heavy atom. The molecule has 3 aromatic rings. The second-order valence-electron chi connectivity index (χ2n) is 5.72. The number of methoxy groups -OCH3 is 1. The number of ether oxygens (including phenoxy) is 2. The van der Waals surface area contributed by atoms with Crippen LogP contribution in [0.15, 0.2) is 29.6 Å². The van der Waals surface area contributed by atoms with Crippen LogP contribution in [-0.2, 0) is 4.79 Å². The zero-order valence-corrected chi connectivity index (χ0v) is 16.0. The number of benzene rings is 1. The van der Waals surface area contributed by atoms with E-state index in [9.17, 15) is 4.79 Å². The topological polar surface area (TPSA) is 112 Å². The lowest BCUT2D eigenvalue weighted by Crippen LogP contribution is -2.20. The third-order valence-corrected chi connectivity index (χ3v) is 5.02. The molecule has 2 heterocycles. The first kappa shape index (κ1) is 18.6. The molecule has 3 N–H and O–H groups in total. The van der Waals surface area contributed by atoms with E-state index in [0.29, 0.717) is 17.3 Å². The maximum Gasteiger partial charge on any atom is 0.255 e. The molecule has 0 aliphatic rings. The summed E-state index contributed by atoms with van der Waals surface area (Å²) in [6, 6.07) is 5.23. The Hall–Kier alpha value is -3.20. The van der Waals surface area contributed by atoms with Gasteiger partial charge in [0, 0.05) is 4.88 Å². The van der Waals surface area contributed by atoms with E-state index in [-0.39, 0.29) is 6.61 Å². The van der Waals surface area contributed by atoms with Gasteiger partial charge in [0.15, 0.2) is 23.9 Å².